The maximum Gasteiger partial charge on any atom is 0.0412 e. The van der Waals surface area contributed by atoms with Crippen molar-refractivity contribution in [2.24, 2.45) is 0 Å². The van der Waals surface area contributed by atoms with Crippen molar-refractivity contribution in [2.75, 3.05) is 44.7 Å². The summed E-state index contributed by atoms with van der Waals surface area (Å²) in [6.45, 7) is 11.2. The Morgan fingerprint density at radius 3 is 2.80 bits per heavy atom. The predicted molar refractivity (Wildman–Crippen MR) is 87.5 cm³/mol. The summed E-state index contributed by atoms with van der Waals surface area (Å²) in [6, 6.07) is 6.89. The van der Waals surface area contributed by atoms with Gasteiger partial charge in [0.2, 0.25) is 0 Å². The van der Waals surface area contributed by atoms with Gasteiger partial charge in [0.15, 0.2) is 0 Å². The molecule has 0 aliphatic carbocycles. The van der Waals surface area contributed by atoms with E-state index >= 15 is 0 Å². The number of rotatable bonds is 5. The second kappa shape index (κ2) is 7.65. The van der Waals surface area contributed by atoms with E-state index in [4.69, 9.17) is 0 Å². The van der Waals surface area contributed by atoms with Crippen molar-refractivity contribution in [3.8, 4) is 0 Å². The minimum atomic E-state index is 0.983. The molecule has 112 valence electrons. The van der Waals surface area contributed by atoms with Crippen molar-refractivity contribution in [2.45, 2.75) is 33.2 Å². The summed E-state index contributed by atoms with van der Waals surface area (Å²) in [5, 5.41) is 3.55. The highest BCUT2D eigenvalue weighted by Gasteiger charge is 2.15. The van der Waals surface area contributed by atoms with Gasteiger partial charge in [-0.15, -0.1) is 0 Å². The molecule has 1 N–H and O–H groups in total. The van der Waals surface area contributed by atoms with E-state index in [1.54, 1.807) is 0 Å². The standard InChI is InChI=1S/C17H29N3/c1-4-8-18-14-16-13-15(2)6-7-17(16)20-10-5-9-19(3)11-12-20/h6-7,13,18H,4-5,8-12,14H2,1-3H3. The van der Waals surface area contributed by atoms with Crippen LogP contribution in [0.25, 0.3) is 0 Å². The number of likely N-dealkylation sites (N-methyl/N-ethyl adjacent to an activating group) is 1. The van der Waals surface area contributed by atoms with Crippen LogP contribution in [-0.4, -0.2) is 44.7 Å². The summed E-state index contributed by atoms with van der Waals surface area (Å²) >= 11 is 0. The van der Waals surface area contributed by atoms with Crippen molar-refractivity contribution in [1.82, 2.24) is 10.2 Å². The van der Waals surface area contributed by atoms with Crippen LogP contribution in [0.3, 0.4) is 0 Å². The third kappa shape index (κ3) is 4.22. The molecule has 1 aliphatic heterocycles. The molecule has 2 rings (SSSR count). The first-order valence-electron chi connectivity index (χ1n) is 7.94. The van der Waals surface area contributed by atoms with Gasteiger partial charge < -0.3 is 15.1 Å². The Morgan fingerprint density at radius 1 is 1.15 bits per heavy atom. The van der Waals surface area contributed by atoms with Crippen LogP contribution in [0, 0.1) is 6.92 Å². The van der Waals surface area contributed by atoms with Gasteiger partial charge in [0.25, 0.3) is 0 Å². The van der Waals surface area contributed by atoms with Crippen LogP contribution in [0.2, 0.25) is 0 Å². The Balaban J connectivity index is 2.12. The van der Waals surface area contributed by atoms with Crippen LogP contribution in [0.15, 0.2) is 18.2 Å². The molecular weight excluding hydrogens is 246 g/mol. The average molecular weight is 275 g/mol. The van der Waals surface area contributed by atoms with Crippen molar-refractivity contribution in [1.29, 1.82) is 0 Å². The van der Waals surface area contributed by atoms with Crippen LogP contribution in [-0.2, 0) is 6.54 Å². The molecular formula is C17H29N3. The van der Waals surface area contributed by atoms with Gasteiger partial charge in [-0.2, -0.15) is 0 Å². The molecule has 1 aromatic rings. The highest BCUT2D eigenvalue weighted by Crippen LogP contribution is 2.23. The molecule has 0 aromatic heterocycles. The number of aryl methyl sites for hydroxylation is 1. The van der Waals surface area contributed by atoms with Crippen molar-refractivity contribution in [3.05, 3.63) is 29.3 Å². The number of hydrogen-bond acceptors (Lipinski definition) is 3. The van der Waals surface area contributed by atoms with Gasteiger partial charge in [0.1, 0.15) is 0 Å². The lowest BCUT2D eigenvalue weighted by Gasteiger charge is -2.26. The zero-order valence-electron chi connectivity index (χ0n) is 13.3. The molecule has 1 fully saturated rings. The number of benzene rings is 1. The van der Waals surface area contributed by atoms with Crippen molar-refractivity contribution in [3.63, 3.8) is 0 Å². The first kappa shape index (κ1) is 15.3. The largest absolute Gasteiger partial charge is 0.370 e. The Bertz CT molecular complexity index is 417. The summed E-state index contributed by atoms with van der Waals surface area (Å²) in [7, 11) is 2.22. The fraction of sp³-hybridized carbons (Fsp3) is 0.647. The van der Waals surface area contributed by atoms with Crippen LogP contribution in [0.5, 0.6) is 0 Å². The smallest absolute Gasteiger partial charge is 0.0412 e. The molecule has 0 amide bonds. The second-order valence-electron chi connectivity index (χ2n) is 5.95. The molecule has 0 unspecified atom stereocenters. The van der Waals surface area contributed by atoms with Gasteiger partial charge in [0, 0.05) is 31.9 Å². The predicted octanol–water partition coefficient (Wildman–Crippen LogP) is 2.64. The normalized spacial score (nSPS) is 17.2. The van der Waals surface area contributed by atoms with Gasteiger partial charge in [-0.3, -0.25) is 0 Å². The lowest BCUT2D eigenvalue weighted by atomic mass is 10.1. The number of anilines is 1. The SMILES string of the molecule is CCCNCc1cc(C)ccc1N1CCCN(C)CC1. The molecule has 0 bridgehead atoms. The summed E-state index contributed by atoms with van der Waals surface area (Å²) in [5.41, 5.74) is 4.23. The topological polar surface area (TPSA) is 18.5 Å². The zero-order valence-corrected chi connectivity index (χ0v) is 13.3. The van der Waals surface area contributed by atoms with E-state index in [-0.39, 0.29) is 0 Å². The molecule has 0 spiro atoms. The first-order valence-corrected chi connectivity index (χ1v) is 7.94. The highest BCUT2D eigenvalue weighted by molar-refractivity contribution is 5.55. The molecule has 1 saturated heterocycles. The highest BCUT2D eigenvalue weighted by atomic mass is 15.2. The summed E-state index contributed by atoms with van der Waals surface area (Å²) in [4.78, 5) is 5.00. The Morgan fingerprint density at radius 2 is 2.00 bits per heavy atom. The number of nitrogens with one attached hydrogen (secondary N) is 1. The van der Waals surface area contributed by atoms with Crippen molar-refractivity contribution >= 4 is 5.69 Å². The maximum atomic E-state index is 3.55. The molecule has 3 heteroatoms. The number of nitrogens with zero attached hydrogens (tertiary/aromatic N) is 2. The molecule has 20 heavy (non-hydrogen) atoms. The van der Waals surface area contributed by atoms with Gasteiger partial charge in [0.05, 0.1) is 0 Å². The van der Waals surface area contributed by atoms with Crippen molar-refractivity contribution < 1.29 is 0 Å². The molecule has 1 aliphatic rings. The number of hydrogen-bond donors (Lipinski definition) is 1. The maximum absolute atomic E-state index is 3.55. The van der Waals surface area contributed by atoms with E-state index in [0.29, 0.717) is 0 Å². The Labute approximate surface area is 124 Å². The second-order valence-corrected chi connectivity index (χ2v) is 5.95. The van der Waals surface area contributed by atoms with E-state index in [1.165, 1.54) is 42.7 Å². The Kier molecular flexibility index (Phi) is 5.86. The van der Waals surface area contributed by atoms with E-state index in [1.807, 2.05) is 0 Å². The van der Waals surface area contributed by atoms with Crippen LogP contribution in [0.4, 0.5) is 5.69 Å². The fourth-order valence-corrected chi connectivity index (χ4v) is 2.85. The van der Waals surface area contributed by atoms with E-state index in [0.717, 1.165) is 26.2 Å². The Hall–Kier alpha value is -1.06. The summed E-state index contributed by atoms with van der Waals surface area (Å²) in [5.74, 6) is 0. The molecule has 0 saturated carbocycles. The lowest BCUT2D eigenvalue weighted by Crippen LogP contribution is -2.30. The van der Waals surface area contributed by atoms with Gasteiger partial charge in [-0.25, -0.2) is 0 Å². The van der Waals surface area contributed by atoms with Gasteiger partial charge in [-0.05, 0) is 51.5 Å². The third-order valence-electron chi connectivity index (χ3n) is 4.04. The first-order chi connectivity index (χ1) is 9.70. The molecule has 1 heterocycles. The molecule has 0 atom stereocenters. The minimum Gasteiger partial charge on any atom is -0.370 e. The quantitative estimate of drug-likeness (QED) is 0.834. The summed E-state index contributed by atoms with van der Waals surface area (Å²) < 4.78 is 0. The van der Waals surface area contributed by atoms with E-state index in [2.05, 4.69) is 54.2 Å². The van der Waals surface area contributed by atoms with Gasteiger partial charge >= 0.3 is 0 Å². The van der Waals surface area contributed by atoms with Crippen LogP contribution in [0.1, 0.15) is 30.9 Å². The fourth-order valence-electron chi connectivity index (χ4n) is 2.85. The lowest BCUT2D eigenvalue weighted by molar-refractivity contribution is 0.360. The molecule has 1 aromatic carbocycles. The van der Waals surface area contributed by atoms with E-state index in [9.17, 15) is 0 Å². The molecule has 3 nitrogen and oxygen atoms in total. The van der Waals surface area contributed by atoms with Gasteiger partial charge in [-0.1, -0.05) is 24.6 Å². The van der Waals surface area contributed by atoms with Crippen LogP contribution >= 0.6 is 0 Å². The van der Waals surface area contributed by atoms with Crippen LogP contribution < -0.4 is 10.2 Å². The monoisotopic (exact) mass is 275 g/mol. The third-order valence-corrected chi connectivity index (χ3v) is 4.04. The summed E-state index contributed by atoms with van der Waals surface area (Å²) in [6.07, 6.45) is 2.45. The molecule has 0 radical (unpaired) electrons. The van der Waals surface area contributed by atoms with E-state index < -0.39 is 0 Å². The zero-order chi connectivity index (χ0) is 14.4. The minimum absolute atomic E-state index is 0.983. The average Bonchev–Trinajstić information content (AvgIpc) is 2.64.